The highest BCUT2D eigenvalue weighted by Crippen LogP contribution is 2.10. The summed E-state index contributed by atoms with van der Waals surface area (Å²) in [6.07, 6.45) is 4.67. The van der Waals surface area contributed by atoms with Gasteiger partial charge in [0, 0.05) is 6.20 Å². The van der Waals surface area contributed by atoms with Crippen molar-refractivity contribution >= 4 is 5.97 Å². The molecule has 2 aromatic rings. The minimum Gasteiger partial charge on any atom is -0.488 e. The van der Waals surface area contributed by atoms with Gasteiger partial charge in [-0.2, -0.15) is 0 Å². The van der Waals surface area contributed by atoms with Gasteiger partial charge in [0.15, 0.2) is 5.75 Å². The van der Waals surface area contributed by atoms with Gasteiger partial charge in [-0.1, -0.05) is 19.8 Å². The van der Waals surface area contributed by atoms with E-state index in [0.29, 0.717) is 18.1 Å². The Morgan fingerprint density at radius 2 is 2.14 bits per heavy atom. The normalized spacial score (nSPS) is 10.6. The number of nitrogens with zero attached hydrogens (tertiary/aromatic N) is 1. The molecule has 0 radical (unpaired) electrons. The first-order valence-electron chi connectivity index (χ1n) is 7.26. The van der Waals surface area contributed by atoms with Gasteiger partial charge in [-0.3, -0.25) is 4.79 Å². The molecule has 6 nitrogen and oxygen atoms in total. The van der Waals surface area contributed by atoms with Crippen LogP contribution in [0.3, 0.4) is 0 Å². The van der Waals surface area contributed by atoms with Crippen molar-refractivity contribution in [1.82, 2.24) is 4.57 Å². The molecule has 2 rings (SSSR count). The number of aromatic carboxylic acids is 1. The number of carboxylic acids is 1. The molecule has 118 valence electrons. The Bertz CT molecular complexity index is 686. The summed E-state index contributed by atoms with van der Waals surface area (Å²) >= 11 is 0. The van der Waals surface area contributed by atoms with Crippen molar-refractivity contribution < 1.29 is 19.1 Å². The van der Waals surface area contributed by atoms with Crippen LogP contribution in [-0.4, -0.2) is 22.2 Å². The quantitative estimate of drug-likeness (QED) is 0.758. The van der Waals surface area contributed by atoms with Crippen molar-refractivity contribution in [2.75, 3.05) is 6.61 Å². The second kappa shape index (κ2) is 7.49. The highest BCUT2D eigenvalue weighted by Gasteiger charge is 2.11. The number of carbonyl (C=O) groups is 1. The van der Waals surface area contributed by atoms with Crippen LogP contribution in [0, 0.1) is 0 Å². The maximum Gasteiger partial charge on any atom is 0.371 e. The second-order valence-electron chi connectivity index (χ2n) is 4.93. The van der Waals surface area contributed by atoms with Crippen LogP contribution in [0.5, 0.6) is 5.75 Å². The molecule has 0 aliphatic rings. The Balaban J connectivity index is 2.07. The van der Waals surface area contributed by atoms with Crippen molar-refractivity contribution in [2.24, 2.45) is 0 Å². The van der Waals surface area contributed by atoms with Crippen LogP contribution in [0.1, 0.15) is 42.5 Å². The van der Waals surface area contributed by atoms with Gasteiger partial charge in [-0.05, 0) is 30.7 Å². The molecule has 0 saturated heterocycles. The zero-order valence-electron chi connectivity index (χ0n) is 12.4. The first-order valence-corrected chi connectivity index (χ1v) is 7.26. The number of hydrogen-bond acceptors (Lipinski definition) is 4. The minimum absolute atomic E-state index is 0.144. The monoisotopic (exact) mass is 305 g/mol. The van der Waals surface area contributed by atoms with E-state index in [0.717, 1.165) is 19.3 Å². The van der Waals surface area contributed by atoms with E-state index in [-0.39, 0.29) is 17.9 Å². The summed E-state index contributed by atoms with van der Waals surface area (Å²) in [5.74, 6) is -0.576. The van der Waals surface area contributed by atoms with Crippen LogP contribution >= 0.6 is 0 Å². The van der Waals surface area contributed by atoms with Crippen LogP contribution < -0.4 is 10.3 Å². The zero-order valence-corrected chi connectivity index (χ0v) is 12.4. The van der Waals surface area contributed by atoms with Gasteiger partial charge in [0.25, 0.3) is 5.56 Å². The van der Waals surface area contributed by atoms with Crippen molar-refractivity contribution in [1.29, 1.82) is 0 Å². The first kappa shape index (κ1) is 15.9. The number of hydrogen-bond donors (Lipinski definition) is 1. The lowest BCUT2D eigenvalue weighted by Crippen LogP contribution is -2.21. The molecule has 0 saturated carbocycles. The molecule has 6 heteroatoms. The highest BCUT2D eigenvalue weighted by molar-refractivity contribution is 5.84. The van der Waals surface area contributed by atoms with E-state index in [2.05, 4.69) is 6.92 Å². The number of ether oxygens (including phenoxy) is 1. The molecule has 0 spiro atoms. The Morgan fingerprint density at radius 1 is 1.32 bits per heavy atom. The van der Waals surface area contributed by atoms with Gasteiger partial charge in [0.2, 0.25) is 5.76 Å². The number of furan rings is 1. The molecule has 0 unspecified atom stereocenters. The molecule has 0 aliphatic carbocycles. The third-order valence-electron chi connectivity index (χ3n) is 3.19. The summed E-state index contributed by atoms with van der Waals surface area (Å²) in [5, 5.41) is 8.82. The van der Waals surface area contributed by atoms with Crippen LogP contribution in [0.15, 0.2) is 39.7 Å². The SMILES string of the molecule is CCCCCOc1cccn(Cc2ccc(C(=O)O)o2)c1=O. The fraction of sp³-hybridized carbons (Fsp3) is 0.375. The topological polar surface area (TPSA) is 81.7 Å². The van der Waals surface area contributed by atoms with E-state index < -0.39 is 5.97 Å². The first-order chi connectivity index (χ1) is 10.6. The Hall–Kier alpha value is -2.50. The fourth-order valence-electron chi connectivity index (χ4n) is 2.03. The fourth-order valence-corrected chi connectivity index (χ4v) is 2.03. The van der Waals surface area contributed by atoms with Crippen molar-refractivity contribution in [3.05, 3.63) is 52.3 Å². The third kappa shape index (κ3) is 4.00. The molecule has 2 heterocycles. The lowest BCUT2D eigenvalue weighted by atomic mass is 10.3. The smallest absolute Gasteiger partial charge is 0.371 e. The Morgan fingerprint density at radius 3 is 2.82 bits per heavy atom. The number of pyridine rings is 1. The summed E-state index contributed by atoms with van der Waals surface area (Å²) in [4.78, 5) is 23.0. The molecule has 0 aliphatic heterocycles. The van der Waals surface area contributed by atoms with Crippen molar-refractivity contribution in [3.63, 3.8) is 0 Å². The van der Waals surface area contributed by atoms with E-state index in [1.165, 1.54) is 10.6 Å². The summed E-state index contributed by atoms with van der Waals surface area (Å²) in [5.41, 5.74) is -0.257. The third-order valence-corrected chi connectivity index (χ3v) is 3.19. The highest BCUT2D eigenvalue weighted by atomic mass is 16.5. The predicted molar refractivity (Wildman–Crippen MR) is 80.5 cm³/mol. The van der Waals surface area contributed by atoms with Crippen LogP contribution in [0.4, 0.5) is 0 Å². The van der Waals surface area contributed by atoms with E-state index in [1.54, 1.807) is 24.4 Å². The van der Waals surface area contributed by atoms with Gasteiger partial charge in [0.05, 0.1) is 13.2 Å². The number of aromatic nitrogens is 1. The standard InChI is InChI=1S/C16H19NO5/c1-2-3-4-10-21-13-6-5-9-17(15(13)18)11-12-7-8-14(22-12)16(19)20/h5-9H,2-4,10-11H2,1H3,(H,19,20). The lowest BCUT2D eigenvalue weighted by Gasteiger charge is -2.08. The number of carboxylic acid groups (broad SMARTS) is 1. The maximum atomic E-state index is 12.3. The van der Waals surface area contributed by atoms with Gasteiger partial charge >= 0.3 is 5.97 Å². The van der Waals surface area contributed by atoms with Gasteiger partial charge < -0.3 is 18.8 Å². The largest absolute Gasteiger partial charge is 0.488 e. The zero-order chi connectivity index (χ0) is 15.9. The number of unbranched alkanes of at least 4 members (excludes halogenated alkanes) is 2. The van der Waals surface area contributed by atoms with Crippen molar-refractivity contribution in [2.45, 2.75) is 32.7 Å². The van der Waals surface area contributed by atoms with Crippen LogP contribution in [0.25, 0.3) is 0 Å². The van der Waals surface area contributed by atoms with E-state index in [9.17, 15) is 9.59 Å². The maximum absolute atomic E-state index is 12.3. The average Bonchev–Trinajstić information content (AvgIpc) is 2.96. The lowest BCUT2D eigenvalue weighted by molar-refractivity contribution is 0.0660. The molecular formula is C16H19NO5. The van der Waals surface area contributed by atoms with Gasteiger partial charge in [0.1, 0.15) is 5.76 Å². The van der Waals surface area contributed by atoms with E-state index >= 15 is 0 Å². The molecule has 0 atom stereocenters. The van der Waals surface area contributed by atoms with E-state index in [1.807, 2.05) is 0 Å². The predicted octanol–water partition coefficient (Wildman–Crippen LogP) is 2.76. The molecule has 1 N–H and O–H groups in total. The Labute approximate surface area is 127 Å². The molecule has 0 amide bonds. The second-order valence-corrected chi connectivity index (χ2v) is 4.93. The average molecular weight is 305 g/mol. The molecule has 0 bridgehead atoms. The van der Waals surface area contributed by atoms with E-state index in [4.69, 9.17) is 14.3 Å². The number of rotatable bonds is 8. The van der Waals surface area contributed by atoms with Crippen molar-refractivity contribution in [3.8, 4) is 5.75 Å². The van der Waals surface area contributed by atoms with Gasteiger partial charge in [-0.25, -0.2) is 4.79 Å². The van der Waals surface area contributed by atoms with Gasteiger partial charge in [-0.15, -0.1) is 0 Å². The van der Waals surface area contributed by atoms with Crippen LogP contribution in [0.2, 0.25) is 0 Å². The molecule has 0 fully saturated rings. The van der Waals surface area contributed by atoms with Crippen LogP contribution in [-0.2, 0) is 6.54 Å². The summed E-state index contributed by atoms with van der Waals surface area (Å²) < 4.78 is 12.1. The minimum atomic E-state index is -1.13. The molecular weight excluding hydrogens is 286 g/mol. The molecule has 22 heavy (non-hydrogen) atoms. The Kier molecular flexibility index (Phi) is 5.41. The summed E-state index contributed by atoms with van der Waals surface area (Å²) in [6.45, 7) is 2.78. The molecule has 0 aromatic carbocycles. The molecule has 2 aromatic heterocycles. The summed E-state index contributed by atoms with van der Waals surface area (Å²) in [7, 11) is 0. The summed E-state index contributed by atoms with van der Waals surface area (Å²) in [6, 6.07) is 6.27.